The summed E-state index contributed by atoms with van der Waals surface area (Å²) >= 11 is 0. The average molecular weight is 268 g/mol. The van der Waals surface area contributed by atoms with Crippen molar-refractivity contribution >= 4 is 5.82 Å². The maximum absolute atomic E-state index is 9.31. The molecule has 2 N–H and O–H groups in total. The highest BCUT2D eigenvalue weighted by Crippen LogP contribution is 2.24. The molecule has 0 aliphatic heterocycles. The molecule has 3 rings (SSSR count). The normalized spacial score (nSPS) is 17.4. The van der Waals surface area contributed by atoms with Gasteiger partial charge in [0.2, 0.25) is 0 Å². The molecule has 1 aliphatic rings. The first-order chi connectivity index (χ1) is 9.69. The average Bonchev–Trinajstić information content (AvgIpc) is 2.91. The van der Waals surface area contributed by atoms with Gasteiger partial charge in [0.15, 0.2) is 5.82 Å². The summed E-state index contributed by atoms with van der Waals surface area (Å²) in [6, 6.07) is 2.49. The van der Waals surface area contributed by atoms with Gasteiger partial charge in [-0.2, -0.15) is 15.5 Å². The Balaban J connectivity index is 1.83. The molecule has 0 bridgehead atoms. The third kappa shape index (κ3) is 2.11. The lowest BCUT2D eigenvalue weighted by molar-refractivity contribution is 0.600. The first-order valence-corrected chi connectivity index (χ1v) is 6.70. The fourth-order valence-electron chi connectivity index (χ4n) is 2.58. The molecule has 20 heavy (non-hydrogen) atoms. The van der Waals surface area contributed by atoms with Crippen molar-refractivity contribution < 1.29 is 0 Å². The molecule has 6 heteroatoms. The Morgan fingerprint density at radius 3 is 3.05 bits per heavy atom. The number of H-pyrrole nitrogens is 1. The number of nitrogens with one attached hydrogen (secondary N) is 2. The maximum Gasteiger partial charge on any atom is 0.167 e. The van der Waals surface area contributed by atoms with Crippen molar-refractivity contribution in [3.8, 4) is 6.07 Å². The fourth-order valence-corrected chi connectivity index (χ4v) is 2.58. The zero-order chi connectivity index (χ0) is 14.1. The summed E-state index contributed by atoms with van der Waals surface area (Å²) in [6.07, 6.45) is 4.73. The van der Waals surface area contributed by atoms with Crippen LogP contribution in [0.3, 0.4) is 0 Å². The molecule has 6 nitrogen and oxygen atoms in total. The molecule has 102 valence electrons. The van der Waals surface area contributed by atoms with Crippen molar-refractivity contribution in [1.29, 1.82) is 5.26 Å². The van der Waals surface area contributed by atoms with Gasteiger partial charge in [0.05, 0.1) is 11.9 Å². The van der Waals surface area contributed by atoms with E-state index in [2.05, 4.69) is 31.8 Å². The van der Waals surface area contributed by atoms with Crippen LogP contribution in [0, 0.1) is 25.2 Å². The van der Waals surface area contributed by atoms with E-state index >= 15 is 0 Å². The van der Waals surface area contributed by atoms with Gasteiger partial charge in [-0.25, -0.2) is 0 Å². The van der Waals surface area contributed by atoms with E-state index < -0.39 is 0 Å². The van der Waals surface area contributed by atoms with Gasteiger partial charge in [-0.15, -0.1) is 5.10 Å². The molecule has 0 spiro atoms. The van der Waals surface area contributed by atoms with E-state index in [0.29, 0.717) is 11.4 Å². The van der Waals surface area contributed by atoms with E-state index in [-0.39, 0.29) is 6.04 Å². The van der Waals surface area contributed by atoms with Gasteiger partial charge in [-0.05, 0) is 44.2 Å². The summed E-state index contributed by atoms with van der Waals surface area (Å²) in [7, 11) is 0. The van der Waals surface area contributed by atoms with E-state index in [9.17, 15) is 5.26 Å². The number of nitriles is 1. The molecule has 0 amide bonds. The molecule has 0 fully saturated rings. The van der Waals surface area contributed by atoms with E-state index in [1.807, 2.05) is 20.0 Å². The van der Waals surface area contributed by atoms with Gasteiger partial charge in [0.1, 0.15) is 11.6 Å². The van der Waals surface area contributed by atoms with Crippen molar-refractivity contribution in [3.05, 3.63) is 34.3 Å². The highest BCUT2D eigenvalue weighted by atomic mass is 15.2. The minimum absolute atomic E-state index is 0.267. The van der Waals surface area contributed by atoms with Crippen molar-refractivity contribution in [2.75, 3.05) is 5.32 Å². The van der Waals surface area contributed by atoms with Crippen LogP contribution in [0.25, 0.3) is 0 Å². The second kappa shape index (κ2) is 4.93. The highest BCUT2D eigenvalue weighted by molar-refractivity contribution is 5.56. The van der Waals surface area contributed by atoms with E-state index in [0.717, 1.165) is 30.5 Å². The van der Waals surface area contributed by atoms with Crippen LogP contribution in [0.15, 0.2) is 6.20 Å². The number of aryl methyl sites for hydroxylation is 2. The molecular weight excluding hydrogens is 252 g/mol. The Labute approximate surface area is 117 Å². The second-order valence-corrected chi connectivity index (χ2v) is 5.20. The third-order valence-corrected chi connectivity index (χ3v) is 3.92. The molecule has 0 saturated carbocycles. The number of hydrogen-bond acceptors (Lipinski definition) is 5. The van der Waals surface area contributed by atoms with Crippen molar-refractivity contribution in [2.24, 2.45) is 0 Å². The Kier molecular flexibility index (Phi) is 3.11. The van der Waals surface area contributed by atoms with E-state index in [1.165, 1.54) is 11.3 Å². The maximum atomic E-state index is 9.31. The first-order valence-electron chi connectivity index (χ1n) is 6.70. The van der Waals surface area contributed by atoms with Crippen LogP contribution in [0.4, 0.5) is 5.82 Å². The Morgan fingerprint density at radius 1 is 1.40 bits per heavy atom. The predicted octanol–water partition coefficient (Wildman–Crippen LogP) is 1.66. The highest BCUT2D eigenvalue weighted by Gasteiger charge is 2.22. The Hall–Kier alpha value is -2.42. The molecule has 0 saturated heterocycles. The summed E-state index contributed by atoms with van der Waals surface area (Å²) in [5, 5.41) is 28.0. The summed E-state index contributed by atoms with van der Waals surface area (Å²) in [4.78, 5) is 0. The molecular formula is C14H16N6. The van der Waals surface area contributed by atoms with Crippen LogP contribution in [-0.4, -0.2) is 26.4 Å². The number of anilines is 1. The third-order valence-electron chi connectivity index (χ3n) is 3.92. The summed E-state index contributed by atoms with van der Waals surface area (Å²) in [5.41, 5.74) is 4.74. The summed E-state index contributed by atoms with van der Waals surface area (Å²) in [6.45, 7) is 3.77. The quantitative estimate of drug-likeness (QED) is 0.864. The van der Waals surface area contributed by atoms with Gasteiger partial charge in [-0.1, -0.05) is 0 Å². The Morgan fingerprint density at radius 2 is 2.25 bits per heavy atom. The minimum Gasteiger partial charge on any atom is -0.364 e. The molecule has 0 radical (unpaired) electrons. The van der Waals surface area contributed by atoms with E-state index in [1.54, 1.807) is 0 Å². The van der Waals surface area contributed by atoms with Crippen molar-refractivity contribution in [1.82, 2.24) is 20.4 Å². The standard InChI is InChI=1S/C14H16N6/c1-8-9(2)18-20-14(12(8)6-15)17-11-3-4-13-10(5-11)7-16-19-13/h7,11H,3-5H2,1-2H3,(H,16,19)(H,17,20). The SMILES string of the molecule is Cc1nnc(NC2CCc3[nH]ncc3C2)c(C#N)c1C. The van der Waals surface area contributed by atoms with Crippen LogP contribution >= 0.6 is 0 Å². The second-order valence-electron chi connectivity index (χ2n) is 5.20. The molecule has 0 aromatic carbocycles. The van der Waals surface area contributed by atoms with E-state index in [4.69, 9.17) is 0 Å². The lowest BCUT2D eigenvalue weighted by atomic mass is 9.93. The number of aromatic amines is 1. The predicted molar refractivity (Wildman–Crippen MR) is 74.2 cm³/mol. The van der Waals surface area contributed by atoms with Crippen molar-refractivity contribution in [3.63, 3.8) is 0 Å². The van der Waals surface area contributed by atoms with Gasteiger partial charge >= 0.3 is 0 Å². The molecule has 2 heterocycles. The Bertz CT molecular complexity index is 681. The minimum atomic E-state index is 0.267. The van der Waals surface area contributed by atoms with Gasteiger partial charge in [0, 0.05) is 11.7 Å². The molecule has 2 aromatic heterocycles. The fraction of sp³-hybridized carbons (Fsp3) is 0.429. The molecule has 2 aromatic rings. The number of fused-ring (bicyclic) bond motifs is 1. The van der Waals surface area contributed by atoms with Gasteiger partial charge in [-0.3, -0.25) is 5.10 Å². The number of hydrogen-bond donors (Lipinski definition) is 2. The van der Waals surface area contributed by atoms with Crippen LogP contribution < -0.4 is 5.32 Å². The van der Waals surface area contributed by atoms with Crippen molar-refractivity contribution in [2.45, 2.75) is 39.2 Å². The van der Waals surface area contributed by atoms with Crippen LogP contribution in [0.2, 0.25) is 0 Å². The molecule has 1 aliphatic carbocycles. The largest absolute Gasteiger partial charge is 0.364 e. The zero-order valence-corrected chi connectivity index (χ0v) is 11.6. The van der Waals surface area contributed by atoms with Gasteiger partial charge < -0.3 is 5.32 Å². The summed E-state index contributed by atoms with van der Waals surface area (Å²) < 4.78 is 0. The first kappa shape index (κ1) is 12.6. The zero-order valence-electron chi connectivity index (χ0n) is 11.6. The summed E-state index contributed by atoms with van der Waals surface area (Å²) in [5.74, 6) is 0.590. The number of nitrogens with zero attached hydrogens (tertiary/aromatic N) is 4. The topological polar surface area (TPSA) is 90.3 Å². The van der Waals surface area contributed by atoms with Gasteiger partial charge in [0.25, 0.3) is 0 Å². The monoisotopic (exact) mass is 268 g/mol. The smallest absolute Gasteiger partial charge is 0.167 e. The molecule has 1 unspecified atom stereocenters. The van der Waals surface area contributed by atoms with Crippen LogP contribution in [0.1, 0.15) is 34.5 Å². The lowest BCUT2D eigenvalue weighted by Gasteiger charge is -2.23. The van der Waals surface area contributed by atoms with Crippen LogP contribution in [-0.2, 0) is 12.8 Å². The molecule has 1 atom stereocenters. The van der Waals surface area contributed by atoms with Crippen LogP contribution in [0.5, 0.6) is 0 Å². The number of rotatable bonds is 2. The number of aromatic nitrogens is 4. The lowest BCUT2D eigenvalue weighted by Crippen LogP contribution is -2.28.